The van der Waals surface area contributed by atoms with Crippen LogP contribution >= 0.6 is 0 Å². The molecule has 2 N–H and O–H groups in total. The van der Waals surface area contributed by atoms with E-state index in [0.29, 0.717) is 23.6 Å². The lowest BCUT2D eigenvalue weighted by molar-refractivity contribution is 0.0960. The van der Waals surface area contributed by atoms with Gasteiger partial charge in [0.25, 0.3) is 0 Å². The first-order chi connectivity index (χ1) is 5.15. The minimum absolute atomic E-state index is 0.00944. The Kier molecular flexibility index (Phi) is 1.98. The van der Waals surface area contributed by atoms with Gasteiger partial charge in [0.1, 0.15) is 5.76 Å². The molecular weight excluding hydrogens is 142 g/mol. The van der Waals surface area contributed by atoms with E-state index in [2.05, 4.69) is 0 Å². The first kappa shape index (κ1) is 7.85. The minimum atomic E-state index is -0.00944. The van der Waals surface area contributed by atoms with Gasteiger partial charge in [-0.2, -0.15) is 0 Å². The predicted molar refractivity (Wildman–Crippen MR) is 42.5 cm³/mol. The molecule has 0 saturated heterocycles. The standard InChI is InChI=1S/C8H11NO2/c1-3-7(10)8-4-6(9)5(2)11-8/h4H,3,9H2,1-2H3. The molecule has 0 fully saturated rings. The molecule has 0 radical (unpaired) electrons. The third-order valence-electron chi connectivity index (χ3n) is 1.55. The summed E-state index contributed by atoms with van der Waals surface area (Å²) in [4.78, 5) is 11.0. The summed E-state index contributed by atoms with van der Waals surface area (Å²) in [5.41, 5.74) is 6.03. The lowest BCUT2D eigenvalue weighted by atomic mass is 10.2. The lowest BCUT2D eigenvalue weighted by Gasteiger charge is -1.87. The van der Waals surface area contributed by atoms with E-state index in [4.69, 9.17) is 10.2 Å². The Morgan fingerprint density at radius 2 is 2.36 bits per heavy atom. The second-order valence-electron chi connectivity index (χ2n) is 2.40. The number of aryl methyl sites for hydroxylation is 1. The quantitative estimate of drug-likeness (QED) is 0.658. The number of Topliss-reactive ketones (excluding diaryl/α,β-unsaturated/α-hetero) is 1. The van der Waals surface area contributed by atoms with Crippen molar-refractivity contribution in [3.63, 3.8) is 0 Å². The second-order valence-corrected chi connectivity index (χ2v) is 2.40. The van der Waals surface area contributed by atoms with Crippen LogP contribution in [0.3, 0.4) is 0 Å². The molecule has 0 aliphatic rings. The molecule has 0 amide bonds. The van der Waals surface area contributed by atoms with Crippen LogP contribution in [0.2, 0.25) is 0 Å². The Balaban J connectivity index is 2.97. The molecule has 0 bridgehead atoms. The van der Waals surface area contributed by atoms with Crippen LogP contribution in [0.5, 0.6) is 0 Å². The number of anilines is 1. The van der Waals surface area contributed by atoms with Crippen LogP contribution in [0.1, 0.15) is 29.7 Å². The van der Waals surface area contributed by atoms with Crippen LogP contribution in [-0.4, -0.2) is 5.78 Å². The lowest BCUT2D eigenvalue weighted by Crippen LogP contribution is -1.92. The van der Waals surface area contributed by atoms with Gasteiger partial charge in [0.15, 0.2) is 11.5 Å². The Morgan fingerprint density at radius 1 is 1.73 bits per heavy atom. The zero-order valence-electron chi connectivity index (χ0n) is 6.68. The molecule has 1 heterocycles. The molecule has 0 spiro atoms. The third-order valence-corrected chi connectivity index (χ3v) is 1.55. The Labute approximate surface area is 65.2 Å². The van der Waals surface area contributed by atoms with E-state index in [1.165, 1.54) is 0 Å². The first-order valence-corrected chi connectivity index (χ1v) is 3.54. The number of ketones is 1. The molecule has 1 aromatic rings. The average Bonchev–Trinajstić information content (AvgIpc) is 2.31. The first-order valence-electron chi connectivity index (χ1n) is 3.54. The Morgan fingerprint density at radius 3 is 2.73 bits per heavy atom. The maximum atomic E-state index is 11.0. The summed E-state index contributed by atoms with van der Waals surface area (Å²) < 4.78 is 5.09. The smallest absolute Gasteiger partial charge is 0.197 e. The van der Waals surface area contributed by atoms with Gasteiger partial charge in [0, 0.05) is 12.5 Å². The second kappa shape index (κ2) is 2.78. The van der Waals surface area contributed by atoms with Crippen LogP contribution in [0.4, 0.5) is 5.69 Å². The maximum Gasteiger partial charge on any atom is 0.197 e. The van der Waals surface area contributed by atoms with Gasteiger partial charge in [0.05, 0.1) is 5.69 Å². The summed E-state index contributed by atoms with van der Waals surface area (Å²) in [5, 5.41) is 0. The molecule has 3 nitrogen and oxygen atoms in total. The molecule has 0 aromatic carbocycles. The highest BCUT2D eigenvalue weighted by atomic mass is 16.3. The van der Waals surface area contributed by atoms with E-state index in [1.807, 2.05) is 0 Å². The van der Waals surface area contributed by atoms with Crippen molar-refractivity contribution >= 4 is 11.5 Å². The van der Waals surface area contributed by atoms with Gasteiger partial charge >= 0.3 is 0 Å². The van der Waals surface area contributed by atoms with Gasteiger partial charge in [-0.1, -0.05) is 6.92 Å². The van der Waals surface area contributed by atoms with Crippen LogP contribution in [0.25, 0.3) is 0 Å². The summed E-state index contributed by atoms with van der Waals surface area (Å²) in [6, 6.07) is 1.57. The molecule has 1 rings (SSSR count). The van der Waals surface area contributed by atoms with Gasteiger partial charge in [-0.15, -0.1) is 0 Å². The van der Waals surface area contributed by atoms with E-state index in [0.717, 1.165) is 0 Å². The molecule has 0 aliphatic heterocycles. The number of carbonyl (C=O) groups is 1. The van der Waals surface area contributed by atoms with E-state index in [9.17, 15) is 4.79 Å². The zero-order chi connectivity index (χ0) is 8.43. The highest BCUT2D eigenvalue weighted by Gasteiger charge is 2.09. The number of hydrogen-bond donors (Lipinski definition) is 1. The molecule has 3 heteroatoms. The maximum absolute atomic E-state index is 11.0. The SMILES string of the molecule is CCC(=O)c1cc(N)c(C)o1. The minimum Gasteiger partial charge on any atom is -0.456 e. The molecular formula is C8H11NO2. The number of carbonyl (C=O) groups excluding carboxylic acids is 1. The molecule has 60 valence electrons. The number of rotatable bonds is 2. The summed E-state index contributed by atoms with van der Waals surface area (Å²) in [6.07, 6.45) is 0.451. The van der Waals surface area contributed by atoms with Crippen LogP contribution in [0.15, 0.2) is 10.5 Å². The fraction of sp³-hybridized carbons (Fsp3) is 0.375. The molecule has 11 heavy (non-hydrogen) atoms. The van der Waals surface area contributed by atoms with Crippen molar-refractivity contribution in [3.8, 4) is 0 Å². The summed E-state index contributed by atoms with van der Waals surface area (Å²) in [5.74, 6) is 0.967. The average molecular weight is 153 g/mol. The van der Waals surface area contributed by atoms with Crippen LogP contribution in [0, 0.1) is 6.92 Å². The van der Waals surface area contributed by atoms with Crippen molar-refractivity contribution in [2.24, 2.45) is 0 Å². The zero-order valence-corrected chi connectivity index (χ0v) is 6.68. The van der Waals surface area contributed by atoms with Crippen molar-refractivity contribution in [1.29, 1.82) is 0 Å². The van der Waals surface area contributed by atoms with Crippen molar-refractivity contribution < 1.29 is 9.21 Å². The number of hydrogen-bond acceptors (Lipinski definition) is 3. The molecule has 0 aliphatic carbocycles. The predicted octanol–water partition coefficient (Wildman–Crippen LogP) is 1.76. The summed E-state index contributed by atoms with van der Waals surface area (Å²) in [6.45, 7) is 3.53. The molecule has 0 atom stereocenters. The summed E-state index contributed by atoms with van der Waals surface area (Å²) in [7, 11) is 0. The van der Waals surface area contributed by atoms with E-state index < -0.39 is 0 Å². The van der Waals surface area contributed by atoms with Gasteiger partial charge < -0.3 is 10.2 Å². The van der Waals surface area contributed by atoms with E-state index in [-0.39, 0.29) is 5.78 Å². The topological polar surface area (TPSA) is 56.2 Å². The van der Waals surface area contributed by atoms with Crippen molar-refractivity contribution in [2.75, 3.05) is 5.73 Å². The van der Waals surface area contributed by atoms with Gasteiger partial charge in [0.2, 0.25) is 0 Å². The molecule has 0 saturated carbocycles. The number of nitrogen functional groups attached to an aromatic ring is 1. The Hall–Kier alpha value is -1.25. The van der Waals surface area contributed by atoms with E-state index in [1.54, 1.807) is 19.9 Å². The number of furan rings is 1. The fourth-order valence-electron chi connectivity index (χ4n) is 0.808. The monoisotopic (exact) mass is 153 g/mol. The van der Waals surface area contributed by atoms with Gasteiger partial charge in [-0.25, -0.2) is 0 Å². The molecule has 0 unspecified atom stereocenters. The molecule has 1 aromatic heterocycles. The number of nitrogens with two attached hydrogens (primary N) is 1. The highest BCUT2D eigenvalue weighted by molar-refractivity contribution is 5.94. The summed E-state index contributed by atoms with van der Waals surface area (Å²) >= 11 is 0. The van der Waals surface area contributed by atoms with Gasteiger partial charge in [-0.3, -0.25) is 4.79 Å². The normalized spacial score (nSPS) is 10.0. The van der Waals surface area contributed by atoms with Crippen LogP contribution in [-0.2, 0) is 0 Å². The van der Waals surface area contributed by atoms with Gasteiger partial charge in [-0.05, 0) is 6.92 Å². The Bertz CT molecular complexity index is 256. The third kappa shape index (κ3) is 1.42. The van der Waals surface area contributed by atoms with Crippen molar-refractivity contribution in [1.82, 2.24) is 0 Å². The van der Waals surface area contributed by atoms with Crippen molar-refractivity contribution in [3.05, 3.63) is 17.6 Å². The van der Waals surface area contributed by atoms with Crippen LogP contribution < -0.4 is 5.73 Å². The van der Waals surface area contributed by atoms with Crippen molar-refractivity contribution in [2.45, 2.75) is 20.3 Å². The van der Waals surface area contributed by atoms with E-state index >= 15 is 0 Å². The highest BCUT2D eigenvalue weighted by Crippen LogP contribution is 2.17. The fourth-order valence-corrected chi connectivity index (χ4v) is 0.808. The largest absolute Gasteiger partial charge is 0.456 e.